The molecule has 0 heterocycles. The van der Waals surface area contributed by atoms with Crippen LogP contribution in [0.1, 0.15) is 19.8 Å². The van der Waals surface area contributed by atoms with E-state index in [4.69, 9.17) is 15.1 Å². The van der Waals surface area contributed by atoms with Gasteiger partial charge in [-0.2, -0.15) is 0 Å². The summed E-state index contributed by atoms with van der Waals surface area (Å²) in [5.41, 5.74) is 4.50. The molecule has 0 bridgehead atoms. The molecule has 2 aliphatic carbocycles. The second-order valence-corrected chi connectivity index (χ2v) is 4.86. The average Bonchev–Trinajstić information content (AvgIpc) is 2.55. The Bertz CT molecular complexity index is 459. The Hall–Kier alpha value is -1.55. The molecular weight excluding hydrogens is 250 g/mol. The first-order valence-electron chi connectivity index (χ1n) is 6.17. The van der Waals surface area contributed by atoms with Gasteiger partial charge in [-0.25, -0.2) is 4.79 Å². The van der Waals surface area contributed by atoms with Crippen LogP contribution < -0.4 is 5.48 Å². The summed E-state index contributed by atoms with van der Waals surface area (Å²) in [5, 5.41) is 27.5. The van der Waals surface area contributed by atoms with E-state index in [1.54, 1.807) is 6.92 Å². The van der Waals surface area contributed by atoms with E-state index in [1.807, 2.05) is 0 Å². The summed E-state index contributed by atoms with van der Waals surface area (Å²) in [7, 11) is 0. The molecule has 0 aromatic rings. The molecule has 1 fully saturated rings. The molecular formula is C13H17NO5. The number of fused-ring (bicyclic) bond motifs is 1. The number of aliphatic hydroxyl groups excluding tert-OH is 2. The molecule has 6 heteroatoms. The molecule has 0 amide bonds. The number of carboxylic acids is 1. The lowest BCUT2D eigenvalue weighted by Gasteiger charge is -2.30. The Balaban J connectivity index is 1.94. The van der Waals surface area contributed by atoms with Gasteiger partial charge < -0.3 is 15.3 Å². The predicted octanol–water partition coefficient (Wildman–Crippen LogP) is -0.369. The third-order valence-electron chi connectivity index (χ3n) is 3.39. The topological polar surface area (TPSA) is 99.0 Å². The van der Waals surface area contributed by atoms with Gasteiger partial charge in [-0.05, 0) is 25.3 Å². The van der Waals surface area contributed by atoms with Crippen LogP contribution in [0.3, 0.4) is 0 Å². The quantitative estimate of drug-likeness (QED) is 0.410. The summed E-state index contributed by atoms with van der Waals surface area (Å²) in [6, 6.07) is 0. The van der Waals surface area contributed by atoms with E-state index in [0.717, 1.165) is 11.3 Å². The fourth-order valence-corrected chi connectivity index (χ4v) is 2.51. The van der Waals surface area contributed by atoms with Crippen LogP contribution in [0.5, 0.6) is 0 Å². The van der Waals surface area contributed by atoms with Gasteiger partial charge in [0.05, 0.1) is 12.0 Å². The van der Waals surface area contributed by atoms with Crippen LogP contribution in [0.15, 0.2) is 11.3 Å². The summed E-state index contributed by atoms with van der Waals surface area (Å²) >= 11 is 0. The van der Waals surface area contributed by atoms with Crippen LogP contribution in [-0.4, -0.2) is 40.1 Å². The largest absolute Gasteiger partial charge is 0.479 e. The van der Waals surface area contributed by atoms with Crippen molar-refractivity contribution in [3.8, 4) is 11.8 Å². The van der Waals surface area contributed by atoms with E-state index >= 15 is 0 Å². The number of aliphatic hydroxyl groups is 2. The molecule has 2 aliphatic rings. The van der Waals surface area contributed by atoms with Crippen molar-refractivity contribution in [2.45, 2.75) is 32.0 Å². The highest BCUT2D eigenvalue weighted by atomic mass is 16.7. The number of carbonyl (C=O) groups is 1. The zero-order valence-corrected chi connectivity index (χ0v) is 10.6. The van der Waals surface area contributed by atoms with Crippen molar-refractivity contribution in [1.29, 1.82) is 0 Å². The van der Waals surface area contributed by atoms with E-state index < -0.39 is 24.8 Å². The molecule has 0 aliphatic heterocycles. The lowest BCUT2D eigenvalue weighted by Crippen LogP contribution is -2.30. The highest BCUT2D eigenvalue weighted by Crippen LogP contribution is 2.48. The first-order chi connectivity index (χ1) is 8.99. The fraction of sp³-hybridized carbons (Fsp3) is 0.615. The molecule has 0 radical (unpaired) electrons. The Labute approximate surface area is 111 Å². The van der Waals surface area contributed by atoms with Gasteiger partial charge in [0.15, 0.2) is 6.61 Å². The lowest BCUT2D eigenvalue weighted by molar-refractivity contribution is -0.144. The Morgan fingerprint density at radius 1 is 1.58 bits per heavy atom. The number of allylic oxidation sites excluding steroid dienone is 1. The predicted molar refractivity (Wildman–Crippen MR) is 65.4 cm³/mol. The maximum Gasteiger partial charge on any atom is 0.332 e. The Morgan fingerprint density at radius 3 is 2.95 bits per heavy atom. The molecule has 4 atom stereocenters. The number of carboxylic acid groups (broad SMARTS) is 1. The molecule has 6 nitrogen and oxygen atoms in total. The van der Waals surface area contributed by atoms with E-state index in [2.05, 4.69) is 17.3 Å². The van der Waals surface area contributed by atoms with Crippen molar-refractivity contribution in [3.05, 3.63) is 11.3 Å². The minimum atomic E-state index is -1.04. The van der Waals surface area contributed by atoms with Crippen molar-refractivity contribution in [2.24, 2.45) is 11.8 Å². The van der Waals surface area contributed by atoms with Crippen LogP contribution in [0.25, 0.3) is 0 Å². The smallest absolute Gasteiger partial charge is 0.332 e. The highest BCUT2D eigenvalue weighted by molar-refractivity contribution is 5.67. The molecule has 0 aromatic carbocycles. The molecule has 4 N–H and O–H groups in total. The Kier molecular flexibility index (Phi) is 4.10. The minimum Gasteiger partial charge on any atom is -0.479 e. The van der Waals surface area contributed by atoms with Crippen molar-refractivity contribution < 1.29 is 25.0 Å². The number of hydrogen-bond donors (Lipinski definition) is 4. The van der Waals surface area contributed by atoms with Gasteiger partial charge in [0.25, 0.3) is 0 Å². The fourth-order valence-electron chi connectivity index (χ4n) is 2.51. The molecule has 0 spiro atoms. The number of hydroxylamine groups is 1. The minimum absolute atomic E-state index is 0.158. The SMILES string of the molecule is CC(O)C#CC1C(O)CC2=C(NOCC(=O)O)CC21. The van der Waals surface area contributed by atoms with E-state index in [0.29, 0.717) is 12.8 Å². The summed E-state index contributed by atoms with van der Waals surface area (Å²) in [6.45, 7) is 1.17. The van der Waals surface area contributed by atoms with Crippen LogP contribution in [-0.2, 0) is 9.63 Å². The van der Waals surface area contributed by atoms with Gasteiger partial charge in [-0.3, -0.25) is 10.3 Å². The molecule has 4 unspecified atom stereocenters. The molecule has 2 rings (SSSR count). The standard InChI is InChI=1S/C13H17NO5/c1-7(15)2-3-8-9-4-11(10(9)5-12(8)16)14-19-6-13(17)18/h7-9,12,14-16H,4-6H2,1H3,(H,17,18). The van der Waals surface area contributed by atoms with Gasteiger partial charge in [-0.1, -0.05) is 11.8 Å². The van der Waals surface area contributed by atoms with Crippen molar-refractivity contribution in [3.63, 3.8) is 0 Å². The second kappa shape index (κ2) is 5.61. The average molecular weight is 267 g/mol. The number of aliphatic carboxylic acids is 1. The van der Waals surface area contributed by atoms with Crippen LogP contribution >= 0.6 is 0 Å². The molecule has 104 valence electrons. The van der Waals surface area contributed by atoms with Crippen LogP contribution in [0.2, 0.25) is 0 Å². The first-order valence-corrected chi connectivity index (χ1v) is 6.17. The number of hydrogen-bond acceptors (Lipinski definition) is 5. The third kappa shape index (κ3) is 3.07. The van der Waals surface area contributed by atoms with Gasteiger partial charge >= 0.3 is 5.97 Å². The van der Waals surface area contributed by atoms with Crippen molar-refractivity contribution >= 4 is 5.97 Å². The monoisotopic (exact) mass is 267 g/mol. The van der Waals surface area contributed by atoms with E-state index in [9.17, 15) is 9.90 Å². The highest BCUT2D eigenvalue weighted by Gasteiger charge is 2.45. The third-order valence-corrected chi connectivity index (χ3v) is 3.39. The maximum absolute atomic E-state index is 10.3. The molecule has 19 heavy (non-hydrogen) atoms. The Morgan fingerprint density at radius 2 is 2.32 bits per heavy atom. The van der Waals surface area contributed by atoms with Crippen molar-refractivity contribution in [1.82, 2.24) is 5.48 Å². The maximum atomic E-state index is 10.3. The summed E-state index contributed by atoms with van der Waals surface area (Å²) in [4.78, 5) is 15.1. The molecule has 0 aromatic heterocycles. The number of rotatable bonds is 4. The normalized spacial score (nSPS) is 29.9. The zero-order valence-electron chi connectivity index (χ0n) is 10.6. The number of nitrogens with one attached hydrogen (secondary N) is 1. The van der Waals surface area contributed by atoms with Gasteiger partial charge in [-0.15, -0.1) is 0 Å². The van der Waals surface area contributed by atoms with Gasteiger partial charge in [0, 0.05) is 11.6 Å². The van der Waals surface area contributed by atoms with Crippen molar-refractivity contribution in [2.75, 3.05) is 6.61 Å². The lowest BCUT2D eigenvalue weighted by atomic mass is 9.79. The molecule has 1 saturated carbocycles. The molecule has 0 saturated heterocycles. The summed E-state index contributed by atoms with van der Waals surface area (Å²) in [6.07, 6.45) is -0.0323. The van der Waals surface area contributed by atoms with Gasteiger partial charge in [0.1, 0.15) is 6.10 Å². The van der Waals surface area contributed by atoms with E-state index in [1.165, 1.54) is 0 Å². The van der Waals surface area contributed by atoms with Crippen LogP contribution in [0, 0.1) is 23.7 Å². The van der Waals surface area contributed by atoms with E-state index in [-0.39, 0.29) is 11.8 Å². The summed E-state index contributed by atoms with van der Waals surface area (Å²) in [5.74, 6) is 4.56. The summed E-state index contributed by atoms with van der Waals surface area (Å²) < 4.78 is 0. The zero-order chi connectivity index (χ0) is 14.0. The first kappa shape index (κ1) is 13.9. The van der Waals surface area contributed by atoms with Gasteiger partial charge in [0.2, 0.25) is 0 Å². The van der Waals surface area contributed by atoms with Crippen LogP contribution in [0.4, 0.5) is 0 Å². The second-order valence-electron chi connectivity index (χ2n) is 4.86.